The van der Waals surface area contributed by atoms with Crippen LogP contribution in [0.4, 0.5) is 11.6 Å². The third-order valence-electron chi connectivity index (χ3n) is 2.47. The Bertz CT molecular complexity index is 526. The van der Waals surface area contributed by atoms with Crippen molar-refractivity contribution in [3.05, 3.63) is 35.7 Å². The lowest BCUT2D eigenvalue weighted by Gasteiger charge is -2.12. The van der Waals surface area contributed by atoms with E-state index in [4.69, 9.17) is 5.84 Å². The molecule has 2 aromatic rings. The van der Waals surface area contributed by atoms with Crippen LogP contribution in [-0.4, -0.2) is 19.9 Å². The van der Waals surface area contributed by atoms with E-state index in [1.54, 1.807) is 6.20 Å². The van der Waals surface area contributed by atoms with E-state index in [0.717, 1.165) is 17.1 Å². The van der Waals surface area contributed by atoms with Gasteiger partial charge in [0.1, 0.15) is 23.8 Å². The maximum absolute atomic E-state index is 5.41. The number of aryl methyl sites for hydroxylation is 1. The first kappa shape index (κ1) is 12.2. The van der Waals surface area contributed by atoms with E-state index >= 15 is 0 Å². The van der Waals surface area contributed by atoms with Crippen LogP contribution in [0.5, 0.6) is 0 Å². The van der Waals surface area contributed by atoms with Gasteiger partial charge in [-0.25, -0.2) is 25.8 Å². The fraction of sp³-hybridized carbons (Fsp3) is 0.273. The van der Waals surface area contributed by atoms with Gasteiger partial charge in [-0.05, 0) is 19.9 Å². The lowest BCUT2D eigenvalue weighted by Crippen LogP contribution is -2.14. The average Bonchev–Trinajstić information content (AvgIpc) is 2.40. The number of nitrogens with one attached hydrogen (secondary N) is 2. The van der Waals surface area contributed by atoms with Crippen LogP contribution in [0.2, 0.25) is 0 Å². The van der Waals surface area contributed by atoms with Gasteiger partial charge in [0.25, 0.3) is 0 Å². The van der Waals surface area contributed by atoms with Crippen molar-refractivity contribution in [1.29, 1.82) is 0 Å². The first-order valence-corrected chi connectivity index (χ1v) is 5.51. The first-order chi connectivity index (χ1) is 8.70. The molecule has 0 unspecified atom stereocenters. The van der Waals surface area contributed by atoms with Crippen LogP contribution in [-0.2, 0) is 6.54 Å². The SMILES string of the molecule is Cc1nc(NN)c(C)c(NCc2ccncn2)n1. The zero-order chi connectivity index (χ0) is 13.0. The third-order valence-corrected chi connectivity index (χ3v) is 2.47. The lowest BCUT2D eigenvalue weighted by atomic mass is 10.3. The molecule has 2 aromatic heterocycles. The van der Waals surface area contributed by atoms with Crippen LogP contribution in [0.25, 0.3) is 0 Å². The van der Waals surface area contributed by atoms with Crippen LogP contribution in [0.3, 0.4) is 0 Å². The van der Waals surface area contributed by atoms with Crippen molar-refractivity contribution in [3.63, 3.8) is 0 Å². The summed E-state index contributed by atoms with van der Waals surface area (Å²) in [5.74, 6) is 7.42. The van der Waals surface area contributed by atoms with E-state index in [0.29, 0.717) is 18.2 Å². The summed E-state index contributed by atoms with van der Waals surface area (Å²) < 4.78 is 0. The largest absolute Gasteiger partial charge is 0.364 e. The van der Waals surface area contributed by atoms with Gasteiger partial charge in [0, 0.05) is 11.8 Å². The molecule has 0 fully saturated rings. The Kier molecular flexibility index (Phi) is 3.63. The Balaban J connectivity index is 2.17. The highest BCUT2D eigenvalue weighted by molar-refractivity contribution is 5.56. The van der Waals surface area contributed by atoms with Crippen LogP contribution in [0, 0.1) is 13.8 Å². The summed E-state index contributed by atoms with van der Waals surface area (Å²) in [6, 6.07) is 1.85. The molecule has 0 spiro atoms. The number of anilines is 2. The highest BCUT2D eigenvalue weighted by Gasteiger charge is 2.07. The van der Waals surface area contributed by atoms with Gasteiger partial charge in [0.15, 0.2) is 0 Å². The second kappa shape index (κ2) is 5.37. The zero-order valence-electron chi connectivity index (χ0n) is 10.3. The monoisotopic (exact) mass is 245 g/mol. The number of hydrogen-bond donors (Lipinski definition) is 3. The molecule has 18 heavy (non-hydrogen) atoms. The molecule has 0 saturated heterocycles. The van der Waals surface area contributed by atoms with Gasteiger partial charge in [-0.1, -0.05) is 0 Å². The Hall–Kier alpha value is -2.28. The highest BCUT2D eigenvalue weighted by atomic mass is 15.3. The molecule has 7 heteroatoms. The summed E-state index contributed by atoms with van der Waals surface area (Å²) in [6.45, 7) is 4.29. The summed E-state index contributed by atoms with van der Waals surface area (Å²) in [4.78, 5) is 16.5. The molecular weight excluding hydrogens is 230 g/mol. The van der Waals surface area contributed by atoms with Crippen molar-refractivity contribution < 1.29 is 0 Å². The molecule has 0 radical (unpaired) electrons. The molecule has 4 N–H and O–H groups in total. The van der Waals surface area contributed by atoms with Crippen LogP contribution in [0.15, 0.2) is 18.6 Å². The van der Waals surface area contributed by atoms with Gasteiger partial charge in [-0.15, -0.1) is 0 Å². The predicted molar refractivity (Wildman–Crippen MR) is 68.7 cm³/mol. The van der Waals surface area contributed by atoms with Gasteiger partial charge in [-0.2, -0.15) is 0 Å². The molecule has 0 atom stereocenters. The molecule has 0 aliphatic rings. The van der Waals surface area contributed by atoms with E-state index in [1.165, 1.54) is 6.33 Å². The molecule has 7 nitrogen and oxygen atoms in total. The topological polar surface area (TPSA) is 102 Å². The maximum Gasteiger partial charge on any atom is 0.148 e. The van der Waals surface area contributed by atoms with Crippen molar-refractivity contribution in [3.8, 4) is 0 Å². The Morgan fingerprint density at radius 3 is 2.67 bits per heavy atom. The minimum absolute atomic E-state index is 0.573. The summed E-state index contributed by atoms with van der Waals surface area (Å²) in [7, 11) is 0. The van der Waals surface area contributed by atoms with Crippen molar-refractivity contribution in [2.75, 3.05) is 10.7 Å². The minimum atomic E-state index is 0.573. The second-order valence-electron chi connectivity index (χ2n) is 3.79. The summed E-state index contributed by atoms with van der Waals surface area (Å²) >= 11 is 0. The third kappa shape index (κ3) is 2.69. The van der Waals surface area contributed by atoms with Crippen molar-refractivity contribution >= 4 is 11.6 Å². The average molecular weight is 245 g/mol. The number of rotatable bonds is 4. The Morgan fingerprint density at radius 2 is 2.00 bits per heavy atom. The Labute approximate surface area is 105 Å². The molecule has 0 aliphatic heterocycles. The lowest BCUT2D eigenvalue weighted by molar-refractivity contribution is 0.965. The smallest absolute Gasteiger partial charge is 0.148 e. The van der Waals surface area contributed by atoms with E-state index < -0.39 is 0 Å². The predicted octanol–water partition coefficient (Wildman–Crippen LogP) is 0.781. The quantitative estimate of drug-likeness (QED) is 0.540. The second-order valence-corrected chi connectivity index (χ2v) is 3.79. The van der Waals surface area contributed by atoms with E-state index in [1.807, 2.05) is 19.9 Å². The normalized spacial score (nSPS) is 10.2. The summed E-state index contributed by atoms with van der Waals surface area (Å²) in [5, 5.41) is 3.21. The molecule has 94 valence electrons. The van der Waals surface area contributed by atoms with Crippen molar-refractivity contribution in [1.82, 2.24) is 19.9 Å². The number of hydrogen-bond acceptors (Lipinski definition) is 7. The molecule has 0 aliphatic carbocycles. The number of hydrazine groups is 1. The highest BCUT2D eigenvalue weighted by Crippen LogP contribution is 2.19. The van der Waals surface area contributed by atoms with Gasteiger partial charge < -0.3 is 10.7 Å². The molecule has 2 heterocycles. The van der Waals surface area contributed by atoms with E-state index in [2.05, 4.69) is 30.7 Å². The van der Waals surface area contributed by atoms with Crippen molar-refractivity contribution in [2.24, 2.45) is 5.84 Å². The van der Waals surface area contributed by atoms with Crippen molar-refractivity contribution in [2.45, 2.75) is 20.4 Å². The molecule has 0 bridgehead atoms. The van der Waals surface area contributed by atoms with E-state index in [9.17, 15) is 0 Å². The first-order valence-electron chi connectivity index (χ1n) is 5.51. The summed E-state index contributed by atoms with van der Waals surface area (Å²) in [5.41, 5.74) is 4.32. The Morgan fingerprint density at radius 1 is 1.22 bits per heavy atom. The molecule has 0 saturated carbocycles. The number of nitrogens with zero attached hydrogens (tertiary/aromatic N) is 4. The molecule has 2 rings (SSSR count). The summed E-state index contributed by atoms with van der Waals surface area (Å²) in [6.07, 6.45) is 3.22. The van der Waals surface area contributed by atoms with Crippen LogP contribution >= 0.6 is 0 Å². The molecule has 0 amide bonds. The number of nitrogen functional groups attached to an aromatic ring is 1. The van der Waals surface area contributed by atoms with Crippen LogP contribution < -0.4 is 16.6 Å². The fourth-order valence-electron chi connectivity index (χ4n) is 1.54. The standard InChI is InChI=1S/C11H15N7/c1-7-10(16-8(2)17-11(7)18-12)14-5-9-3-4-13-6-15-9/h3-4,6H,5,12H2,1-2H3,(H2,14,16,17,18). The van der Waals surface area contributed by atoms with Gasteiger partial charge in [-0.3, -0.25) is 0 Å². The zero-order valence-corrected chi connectivity index (χ0v) is 10.3. The van der Waals surface area contributed by atoms with Gasteiger partial charge in [0.2, 0.25) is 0 Å². The molecular formula is C11H15N7. The maximum atomic E-state index is 5.41. The molecule has 0 aromatic carbocycles. The van der Waals surface area contributed by atoms with E-state index in [-0.39, 0.29) is 0 Å². The fourth-order valence-corrected chi connectivity index (χ4v) is 1.54. The number of nitrogens with two attached hydrogens (primary N) is 1. The minimum Gasteiger partial charge on any atom is -0.364 e. The van der Waals surface area contributed by atoms with Crippen LogP contribution in [0.1, 0.15) is 17.1 Å². The number of aromatic nitrogens is 4. The van der Waals surface area contributed by atoms with Gasteiger partial charge in [0.05, 0.1) is 12.2 Å². The van der Waals surface area contributed by atoms with Gasteiger partial charge >= 0.3 is 0 Å².